The molecule has 1 aliphatic rings. The van der Waals surface area contributed by atoms with E-state index in [0.29, 0.717) is 36.6 Å². The van der Waals surface area contributed by atoms with Crippen LogP contribution in [0.3, 0.4) is 0 Å². The topological polar surface area (TPSA) is 71.5 Å². The van der Waals surface area contributed by atoms with Crippen molar-refractivity contribution in [3.05, 3.63) is 71.6 Å². The number of halogens is 3. The van der Waals surface area contributed by atoms with Crippen molar-refractivity contribution < 1.29 is 27.8 Å². The first kappa shape index (κ1) is 21.4. The molecule has 2 aromatic rings. The summed E-state index contributed by atoms with van der Waals surface area (Å²) in [4.78, 5) is 15.3. The molecule has 0 bridgehead atoms. The third kappa shape index (κ3) is 4.48. The summed E-state index contributed by atoms with van der Waals surface area (Å²) in [5.74, 6) is -0.546. The number of allylic oxidation sites excluding steroid dienone is 3. The number of nitrogens with zero attached hydrogens (tertiary/aromatic N) is 1. The number of alkyl halides is 3. The second kappa shape index (κ2) is 8.61. The minimum absolute atomic E-state index is 0.00159. The summed E-state index contributed by atoms with van der Waals surface area (Å²) < 4.78 is 45.3. The van der Waals surface area contributed by atoms with Crippen LogP contribution in [0.5, 0.6) is 5.75 Å². The molecule has 0 radical (unpaired) electrons. The number of carboxylic acids is 1. The number of aromatic nitrogens is 1. The molecule has 3 rings (SSSR count). The smallest absolute Gasteiger partial charge is 0.416 e. The Balaban J connectivity index is 1.81. The van der Waals surface area contributed by atoms with Crippen molar-refractivity contribution in [1.82, 2.24) is 4.98 Å². The Hall–Kier alpha value is -3.29. The lowest BCUT2D eigenvalue weighted by Gasteiger charge is -2.27. The average Bonchev–Trinajstić information content (AvgIpc) is 2.71. The lowest BCUT2D eigenvalue weighted by atomic mass is 9.89. The van der Waals surface area contributed by atoms with Gasteiger partial charge in [0.2, 0.25) is 0 Å². The number of hydrogen-bond acceptors (Lipinski definition) is 4. The van der Waals surface area contributed by atoms with E-state index in [4.69, 9.17) is 4.74 Å². The van der Waals surface area contributed by atoms with Gasteiger partial charge in [0.1, 0.15) is 5.75 Å². The first-order valence-corrected chi connectivity index (χ1v) is 9.33. The van der Waals surface area contributed by atoms with Crippen molar-refractivity contribution in [3.8, 4) is 5.75 Å². The molecule has 0 saturated carbocycles. The van der Waals surface area contributed by atoms with Gasteiger partial charge in [-0.2, -0.15) is 13.2 Å². The zero-order chi connectivity index (χ0) is 21.9. The Labute approximate surface area is 171 Å². The molecule has 1 aromatic carbocycles. The van der Waals surface area contributed by atoms with E-state index in [1.807, 2.05) is 0 Å². The van der Waals surface area contributed by atoms with Crippen molar-refractivity contribution in [2.45, 2.75) is 25.4 Å². The molecule has 2 N–H and O–H groups in total. The minimum atomic E-state index is -4.49. The monoisotopic (exact) mass is 418 g/mol. The van der Waals surface area contributed by atoms with E-state index in [-0.39, 0.29) is 17.1 Å². The molecule has 5 nitrogen and oxygen atoms in total. The summed E-state index contributed by atoms with van der Waals surface area (Å²) in [5, 5.41) is 12.4. The highest BCUT2D eigenvalue weighted by Gasteiger charge is 2.35. The highest BCUT2D eigenvalue weighted by atomic mass is 19.4. The maximum atomic E-state index is 13.2. The molecule has 0 saturated heterocycles. The maximum absolute atomic E-state index is 13.2. The number of nitrogens with one attached hydrogen (secondary N) is 1. The number of fused-ring (bicyclic) bond motifs is 1. The van der Waals surface area contributed by atoms with Crippen LogP contribution >= 0.6 is 0 Å². The Kier molecular flexibility index (Phi) is 6.14. The second-order valence-corrected chi connectivity index (χ2v) is 6.87. The van der Waals surface area contributed by atoms with Crippen molar-refractivity contribution >= 4 is 17.2 Å². The van der Waals surface area contributed by atoms with E-state index in [1.165, 1.54) is 25.4 Å². The van der Waals surface area contributed by atoms with Gasteiger partial charge in [0.05, 0.1) is 29.6 Å². The normalized spacial score (nSPS) is 16.4. The maximum Gasteiger partial charge on any atom is 0.416 e. The number of aromatic carboxylic acids is 1. The van der Waals surface area contributed by atoms with Crippen LogP contribution in [0.15, 0.2) is 54.9 Å². The fourth-order valence-corrected chi connectivity index (χ4v) is 3.48. The lowest BCUT2D eigenvalue weighted by Crippen LogP contribution is -2.22. The number of pyridine rings is 1. The van der Waals surface area contributed by atoms with E-state index < -0.39 is 17.7 Å². The van der Waals surface area contributed by atoms with Crippen molar-refractivity contribution in [2.24, 2.45) is 0 Å². The average molecular weight is 418 g/mol. The van der Waals surface area contributed by atoms with Gasteiger partial charge in [-0.25, -0.2) is 4.79 Å². The van der Waals surface area contributed by atoms with Gasteiger partial charge >= 0.3 is 12.1 Å². The van der Waals surface area contributed by atoms with Gasteiger partial charge in [0.15, 0.2) is 0 Å². The standard InChI is InChI=1S/C22H21F3N2O3/c1-3-18(22(23,24)25)13(2)14-4-5-16-15(7-9-30-20(16)10-14)11-27-19-12-26-8-6-17(19)21(28)29/h3-6,8,10,12,15,27H,2,7,9,11H2,1H3,(H,28,29)/b18-3+/t15-/m0/s1. The van der Waals surface area contributed by atoms with Crippen LogP contribution in [-0.4, -0.2) is 35.4 Å². The number of anilines is 1. The number of hydrogen-bond donors (Lipinski definition) is 2. The van der Waals surface area contributed by atoms with E-state index in [1.54, 1.807) is 18.2 Å². The summed E-state index contributed by atoms with van der Waals surface area (Å²) >= 11 is 0. The van der Waals surface area contributed by atoms with E-state index in [9.17, 15) is 23.1 Å². The van der Waals surface area contributed by atoms with E-state index >= 15 is 0 Å². The van der Waals surface area contributed by atoms with Crippen LogP contribution in [0.25, 0.3) is 5.57 Å². The molecule has 1 aromatic heterocycles. The van der Waals surface area contributed by atoms with Crippen molar-refractivity contribution in [1.29, 1.82) is 0 Å². The van der Waals surface area contributed by atoms with Gasteiger partial charge in [-0.1, -0.05) is 24.8 Å². The van der Waals surface area contributed by atoms with Crippen molar-refractivity contribution in [2.75, 3.05) is 18.5 Å². The number of benzene rings is 1. The van der Waals surface area contributed by atoms with Crippen LogP contribution in [0, 0.1) is 0 Å². The van der Waals surface area contributed by atoms with E-state index in [2.05, 4.69) is 16.9 Å². The van der Waals surface area contributed by atoms with Crippen LogP contribution in [0.4, 0.5) is 18.9 Å². The van der Waals surface area contributed by atoms with Gasteiger partial charge in [0, 0.05) is 18.7 Å². The number of carboxylic acid groups (broad SMARTS) is 1. The zero-order valence-corrected chi connectivity index (χ0v) is 16.3. The molecule has 8 heteroatoms. The molecular formula is C22H21F3N2O3. The summed E-state index contributed by atoms with van der Waals surface area (Å²) in [5.41, 5.74) is 0.821. The van der Waals surface area contributed by atoms with Crippen LogP contribution in [-0.2, 0) is 0 Å². The first-order chi connectivity index (χ1) is 14.2. The summed E-state index contributed by atoms with van der Waals surface area (Å²) in [7, 11) is 0. The molecule has 158 valence electrons. The molecule has 1 aliphatic heterocycles. The Bertz CT molecular complexity index is 999. The largest absolute Gasteiger partial charge is 0.493 e. The predicted octanol–water partition coefficient (Wildman–Crippen LogP) is 5.28. The van der Waals surface area contributed by atoms with Gasteiger partial charge in [-0.15, -0.1) is 0 Å². The highest BCUT2D eigenvalue weighted by Crippen LogP contribution is 2.40. The fourth-order valence-electron chi connectivity index (χ4n) is 3.48. The summed E-state index contributed by atoms with van der Waals surface area (Å²) in [6.07, 6.45) is 0.0643. The van der Waals surface area contributed by atoms with E-state index in [0.717, 1.165) is 11.6 Å². The molecule has 0 fully saturated rings. The molecule has 30 heavy (non-hydrogen) atoms. The van der Waals surface area contributed by atoms with Crippen molar-refractivity contribution in [3.63, 3.8) is 0 Å². The molecule has 0 spiro atoms. The number of ether oxygens (including phenoxy) is 1. The fraction of sp³-hybridized carbons (Fsp3) is 0.273. The molecule has 1 atom stereocenters. The van der Waals surface area contributed by atoms with Crippen LogP contribution in [0.1, 0.15) is 40.7 Å². The number of rotatable bonds is 6. The highest BCUT2D eigenvalue weighted by molar-refractivity contribution is 5.93. The Morgan fingerprint density at radius 1 is 1.40 bits per heavy atom. The minimum Gasteiger partial charge on any atom is -0.493 e. The molecule has 0 aliphatic carbocycles. The molecule has 2 heterocycles. The Morgan fingerprint density at radius 2 is 2.17 bits per heavy atom. The van der Waals surface area contributed by atoms with Crippen LogP contribution in [0.2, 0.25) is 0 Å². The summed E-state index contributed by atoms with van der Waals surface area (Å²) in [6, 6.07) is 6.34. The molecular weight excluding hydrogens is 397 g/mol. The van der Waals surface area contributed by atoms with Gasteiger partial charge in [0.25, 0.3) is 0 Å². The zero-order valence-electron chi connectivity index (χ0n) is 16.3. The predicted molar refractivity (Wildman–Crippen MR) is 108 cm³/mol. The first-order valence-electron chi connectivity index (χ1n) is 9.33. The lowest BCUT2D eigenvalue weighted by molar-refractivity contribution is -0.0871. The Morgan fingerprint density at radius 3 is 2.83 bits per heavy atom. The van der Waals surface area contributed by atoms with Gasteiger partial charge in [-0.3, -0.25) is 4.98 Å². The quantitative estimate of drug-likeness (QED) is 0.625. The SMILES string of the molecule is C=C(/C(=C\C)C(F)(F)F)c1ccc2c(c1)OCC[C@H]2CNc1cnccc1C(=O)O. The van der Waals surface area contributed by atoms with Gasteiger partial charge in [-0.05, 0) is 42.2 Å². The third-order valence-corrected chi connectivity index (χ3v) is 5.04. The second-order valence-electron chi connectivity index (χ2n) is 6.87. The van der Waals surface area contributed by atoms with Gasteiger partial charge < -0.3 is 15.2 Å². The molecule has 0 unspecified atom stereocenters. The number of carbonyl (C=O) groups is 1. The molecule has 0 amide bonds. The third-order valence-electron chi connectivity index (χ3n) is 5.04. The summed E-state index contributed by atoms with van der Waals surface area (Å²) in [6.45, 7) is 5.78. The van der Waals surface area contributed by atoms with Crippen LogP contribution < -0.4 is 10.1 Å².